The van der Waals surface area contributed by atoms with Gasteiger partial charge in [0.15, 0.2) is 0 Å². The maximum atomic E-state index is 13.7. The fraction of sp³-hybridized carbons (Fsp3) is 0.389. The van der Waals surface area contributed by atoms with E-state index in [4.69, 9.17) is 5.26 Å². The number of nitriles is 1. The first-order chi connectivity index (χ1) is 11.8. The molecule has 1 heterocycles. The smallest absolute Gasteiger partial charge is 0.326 e. The van der Waals surface area contributed by atoms with Crippen molar-refractivity contribution in [3.63, 3.8) is 0 Å². The third-order valence-electron chi connectivity index (χ3n) is 4.24. The van der Waals surface area contributed by atoms with E-state index in [0.717, 1.165) is 5.56 Å². The van der Waals surface area contributed by atoms with Crippen LogP contribution in [-0.4, -0.2) is 23.5 Å². The van der Waals surface area contributed by atoms with Crippen LogP contribution in [0.5, 0.6) is 0 Å². The molecule has 0 saturated heterocycles. The molecular weight excluding hydrogens is 347 g/mol. The van der Waals surface area contributed by atoms with Crippen LogP contribution < -0.4 is 10.6 Å². The van der Waals surface area contributed by atoms with Crippen molar-refractivity contribution in [2.45, 2.75) is 44.8 Å². The summed E-state index contributed by atoms with van der Waals surface area (Å²) in [6, 6.07) is 7.43. The van der Waals surface area contributed by atoms with Gasteiger partial charge in [-0.1, -0.05) is 32.9 Å². The number of benzene rings is 1. The molecule has 26 heavy (non-hydrogen) atoms. The van der Waals surface area contributed by atoms with Crippen molar-refractivity contribution in [1.82, 2.24) is 10.6 Å². The number of allylic oxidation sites excluding steroid dienone is 1. The molecule has 1 aliphatic heterocycles. The summed E-state index contributed by atoms with van der Waals surface area (Å²) < 4.78 is 41.1. The summed E-state index contributed by atoms with van der Waals surface area (Å²) in [6.45, 7) is 7.04. The van der Waals surface area contributed by atoms with Crippen molar-refractivity contribution in [3.8, 4) is 6.07 Å². The summed E-state index contributed by atoms with van der Waals surface area (Å²) in [4.78, 5) is 24.4. The van der Waals surface area contributed by atoms with E-state index in [9.17, 15) is 22.8 Å². The number of rotatable bonds is 2. The number of halogens is 3. The zero-order valence-electron chi connectivity index (χ0n) is 14.7. The number of alkyl halides is 3. The molecule has 1 aromatic carbocycles. The first-order valence-corrected chi connectivity index (χ1v) is 7.77. The third-order valence-corrected chi connectivity index (χ3v) is 4.24. The first kappa shape index (κ1) is 19.5. The molecule has 0 bridgehead atoms. The van der Waals surface area contributed by atoms with E-state index in [1.807, 2.05) is 26.1 Å². The Morgan fingerprint density at radius 1 is 1.19 bits per heavy atom. The van der Waals surface area contributed by atoms with Gasteiger partial charge in [-0.15, -0.1) is 0 Å². The Balaban J connectivity index is 2.44. The van der Waals surface area contributed by atoms with Crippen LogP contribution in [0.15, 0.2) is 35.5 Å². The Morgan fingerprint density at radius 2 is 1.73 bits per heavy atom. The molecule has 8 heteroatoms. The number of nitrogens with one attached hydrogen (secondary N) is 2. The van der Waals surface area contributed by atoms with Crippen LogP contribution in [0, 0.1) is 11.3 Å². The summed E-state index contributed by atoms with van der Waals surface area (Å²) in [6.07, 6.45) is -5.18. The van der Waals surface area contributed by atoms with Crippen molar-refractivity contribution in [2.24, 2.45) is 0 Å². The summed E-state index contributed by atoms with van der Waals surface area (Å²) in [5.74, 6) is -2.60. The highest BCUT2D eigenvalue weighted by Crippen LogP contribution is 2.40. The highest BCUT2D eigenvalue weighted by molar-refractivity contribution is 6.04. The number of amides is 2. The molecule has 2 N–H and O–H groups in total. The van der Waals surface area contributed by atoms with Gasteiger partial charge < -0.3 is 10.6 Å². The number of carbonyl (C=O) groups is 2. The second-order valence-corrected chi connectivity index (χ2v) is 7.10. The topological polar surface area (TPSA) is 82.0 Å². The maximum Gasteiger partial charge on any atom is 0.425 e. The number of carbonyl (C=O) groups excluding carboxylic acids is 2. The van der Waals surface area contributed by atoms with Crippen molar-refractivity contribution in [2.75, 3.05) is 0 Å². The lowest BCUT2D eigenvalue weighted by Crippen LogP contribution is -2.64. The molecule has 0 fully saturated rings. The van der Waals surface area contributed by atoms with Crippen LogP contribution in [-0.2, 0) is 10.2 Å². The quantitative estimate of drug-likeness (QED) is 0.845. The van der Waals surface area contributed by atoms with Crippen molar-refractivity contribution in [1.29, 1.82) is 5.26 Å². The molecule has 138 valence electrons. The maximum absolute atomic E-state index is 13.7. The molecule has 1 atom stereocenters. The highest BCUT2D eigenvalue weighted by atomic mass is 19.4. The average Bonchev–Trinajstić information content (AvgIpc) is 2.76. The summed E-state index contributed by atoms with van der Waals surface area (Å²) in [5.41, 5.74) is -3.84. The van der Waals surface area contributed by atoms with Crippen LogP contribution in [0.2, 0.25) is 0 Å². The van der Waals surface area contributed by atoms with Gasteiger partial charge in [-0.3, -0.25) is 9.59 Å². The molecule has 2 rings (SSSR count). The van der Waals surface area contributed by atoms with E-state index in [-0.39, 0.29) is 16.7 Å². The van der Waals surface area contributed by atoms with E-state index in [2.05, 4.69) is 0 Å². The van der Waals surface area contributed by atoms with E-state index in [1.165, 1.54) is 25.1 Å². The molecular formula is C18H18F3N3O2. The van der Waals surface area contributed by atoms with E-state index < -0.39 is 29.1 Å². The van der Waals surface area contributed by atoms with Crippen LogP contribution in [0.25, 0.3) is 0 Å². The lowest BCUT2D eigenvalue weighted by molar-refractivity contribution is -0.184. The molecule has 1 aromatic rings. The second kappa shape index (κ2) is 6.16. The molecule has 0 aliphatic carbocycles. The van der Waals surface area contributed by atoms with Crippen LogP contribution in [0.3, 0.4) is 0 Å². The van der Waals surface area contributed by atoms with Gasteiger partial charge in [0.1, 0.15) is 0 Å². The Morgan fingerprint density at radius 3 is 2.15 bits per heavy atom. The number of hydrogen-bond acceptors (Lipinski definition) is 3. The largest absolute Gasteiger partial charge is 0.425 e. The van der Waals surface area contributed by atoms with Gasteiger partial charge in [0, 0.05) is 11.3 Å². The SMILES string of the molecule is CC1=C(C#N)[C@](NC(=O)c2ccc(C(C)(C)C)cc2)(C(F)(F)F)C(=O)N1. The van der Waals surface area contributed by atoms with Gasteiger partial charge >= 0.3 is 6.18 Å². The zero-order valence-corrected chi connectivity index (χ0v) is 14.7. The van der Waals surface area contributed by atoms with Gasteiger partial charge in [-0.25, -0.2) is 0 Å². The molecule has 0 radical (unpaired) electrons. The van der Waals surface area contributed by atoms with Crippen LogP contribution >= 0.6 is 0 Å². The third kappa shape index (κ3) is 3.05. The molecule has 0 saturated carbocycles. The number of hydrogen-bond donors (Lipinski definition) is 2. The molecule has 0 unspecified atom stereocenters. The Hall–Kier alpha value is -2.82. The lowest BCUT2D eigenvalue weighted by Gasteiger charge is -2.30. The zero-order chi connectivity index (χ0) is 19.9. The molecule has 2 amide bonds. The molecule has 1 aliphatic rings. The van der Waals surface area contributed by atoms with Crippen LogP contribution in [0.1, 0.15) is 43.6 Å². The van der Waals surface area contributed by atoms with Gasteiger partial charge in [-0.2, -0.15) is 18.4 Å². The fourth-order valence-corrected chi connectivity index (χ4v) is 2.71. The first-order valence-electron chi connectivity index (χ1n) is 7.77. The van der Waals surface area contributed by atoms with Crippen molar-refractivity contribution >= 4 is 11.8 Å². The van der Waals surface area contributed by atoms with Gasteiger partial charge in [-0.05, 0) is 30.0 Å². The second-order valence-electron chi connectivity index (χ2n) is 7.10. The Bertz CT molecular complexity index is 827. The summed E-state index contributed by atoms with van der Waals surface area (Å²) in [7, 11) is 0. The Kier molecular flexibility index (Phi) is 4.62. The van der Waals surface area contributed by atoms with Crippen LogP contribution in [0.4, 0.5) is 13.2 Å². The van der Waals surface area contributed by atoms with E-state index >= 15 is 0 Å². The summed E-state index contributed by atoms with van der Waals surface area (Å²) in [5, 5.41) is 12.8. The minimum absolute atomic E-state index is 0.0451. The fourth-order valence-electron chi connectivity index (χ4n) is 2.71. The lowest BCUT2D eigenvalue weighted by atomic mass is 9.86. The van der Waals surface area contributed by atoms with Gasteiger partial charge in [0.2, 0.25) is 0 Å². The highest BCUT2D eigenvalue weighted by Gasteiger charge is 2.67. The summed E-state index contributed by atoms with van der Waals surface area (Å²) >= 11 is 0. The molecule has 5 nitrogen and oxygen atoms in total. The Labute approximate surface area is 148 Å². The standard InChI is InChI=1S/C18H18F3N3O2/c1-10-13(9-22)17(15(26)23-10,18(19,20)21)24-14(25)11-5-7-12(8-6-11)16(2,3)4/h5-8H,1-4H3,(H,23,26)(H,24,25)/t17-/m1/s1. The predicted octanol–water partition coefficient (Wildman–Crippen LogP) is 2.94. The predicted molar refractivity (Wildman–Crippen MR) is 87.8 cm³/mol. The molecule has 0 aromatic heterocycles. The minimum atomic E-state index is -5.18. The molecule has 0 spiro atoms. The monoisotopic (exact) mass is 365 g/mol. The number of nitrogens with zero attached hydrogens (tertiary/aromatic N) is 1. The average molecular weight is 365 g/mol. The van der Waals surface area contributed by atoms with Crippen molar-refractivity contribution in [3.05, 3.63) is 46.7 Å². The van der Waals surface area contributed by atoms with Gasteiger partial charge in [0.25, 0.3) is 17.4 Å². The minimum Gasteiger partial charge on any atom is -0.326 e. The normalized spacial score (nSPS) is 20.6. The van der Waals surface area contributed by atoms with E-state index in [1.54, 1.807) is 17.4 Å². The van der Waals surface area contributed by atoms with E-state index in [0.29, 0.717) is 0 Å². The van der Waals surface area contributed by atoms with Gasteiger partial charge in [0.05, 0.1) is 11.6 Å². The van der Waals surface area contributed by atoms with Crippen molar-refractivity contribution < 1.29 is 22.8 Å².